The smallest absolute Gasteiger partial charge is 0.354 e. The number of imidazole rings is 1. The zero-order valence-electron chi connectivity index (χ0n) is 10.6. The van der Waals surface area contributed by atoms with E-state index in [1.54, 1.807) is 13.4 Å². The van der Waals surface area contributed by atoms with Crippen LogP contribution in [0.4, 0.5) is 5.82 Å². The predicted molar refractivity (Wildman–Crippen MR) is 73.6 cm³/mol. The van der Waals surface area contributed by atoms with Gasteiger partial charge >= 0.3 is 5.97 Å². The van der Waals surface area contributed by atoms with Crippen LogP contribution in [0.25, 0.3) is 22.4 Å². The molecule has 0 atom stereocenters. The van der Waals surface area contributed by atoms with E-state index in [-0.39, 0.29) is 5.69 Å². The van der Waals surface area contributed by atoms with Gasteiger partial charge in [0.05, 0.1) is 17.4 Å². The molecule has 100 valence electrons. The SMILES string of the molecule is CNc1cc(C(=O)O)nc(-c2ccc3nc[nH]c3c2)n1. The van der Waals surface area contributed by atoms with Gasteiger partial charge in [-0.05, 0) is 18.2 Å². The monoisotopic (exact) mass is 269 g/mol. The lowest BCUT2D eigenvalue weighted by atomic mass is 10.2. The van der Waals surface area contributed by atoms with Crippen LogP contribution in [0.5, 0.6) is 0 Å². The largest absolute Gasteiger partial charge is 0.477 e. The molecule has 0 spiro atoms. The van der Waals surface area contributed by atoms with E-state index in [9.17, 15) is 4.79 Å². The average Bonchev–Trinajstić information content (AvgIpc) is 2.94. The summed E-state index contributed by atoms with van der Waals surface area (Å²) in [6.45, 7) is 0. The third-order valence-corrected chi connectivity index (χ3v) is 2.88. The molecule has 0 saturated heterocycles. The third-order valence-electron chi connectivity index (χ3n) is 2.88. The first-order valence-electron chi connectivity index (χ1n) is 5.91. The number of nitrogens with one attached hydrogen (secondary N) is 2. The maximum absolute atomic E-state index is 11.1. The number of aromatic carboxylic acids is 1. The molecule has 0 amide bonds. The van der Waals surface area contributed by atoms with Crippen LogP contribution in [0.15, 0.2) is 30.6 Å². The first kappa shape index (κ1) is 12.1. The molecule has 2 heterocycles. The molecule has 7 heteroatoms. The van der Waals surface area contributed by atoms with Gasteiger partial charge in [0.25, 0.3) is 0 Å². The number of benzene rings is 1. The van der Waals surface area contributed by atoms with Gasteiger partial charge in [-0.3, -0.25) is 0 Å². The minimum absolute atomic E-state index is 0.0518. The summed E-state index contributed by atoms with van der Waals surface area (Å²) in [6, 6.07) is 6.86. The highest BCUT2D eigenvalue weighted by atomic mass is 16.4. The van der Waals surface area contributed by atoms with Crippen molar-refractivity contribution in [3.05, 3.63) is 36.3 Å². The highest BCUT2D eigenvalue weighted by Crippen LogP contribution is 2.21. The van der Waals surface area contributed by atoms with Gasteiger partial charge in [-0.25, -0.2) is 19.7 Å². The van der Waals surface area contributed by atoms with Crippen LogP contribution >= 0.6 is 0 Å². The van der Waals surface area contributed by atoms with Crippen molar-refractivity contribution < 1.29 is 9.90 Å². The van der Waals surface area contributed by atoms with E-state index in [0.29, 0.717) is 11.6 Å². The van der Waals surface area contributed by atoms with Crippen LogP contribution in [-0.4, -0.2) is 38.1 Å². The second-order valence-electron chi connectivity index (χ2n) is 4.15. The fourth-order valence-electron chi connectivity index (χ4n) is 1.89. The van der Waals surface area contributed by atoms with Gasteiger partial charge in [0, 0.05) is 18.7 Å². The minimum Gasteiger partial charge on any atom is -0.477 e. The number of hydrogen-bond donors (Lipinski definition) is 3. The molecule has 3 rings (SSSR count). The number of aromatic amines is 1. The average molecular weight is 269 g/mol. The van der Waals surface area contributed by atoms with E-state index in [1.165, 1.54) is 6.07 Å². The number of fused-ring (bicyclic) bond motifs is 1. The van der Waals surface area contributed by atoms with E-state index >= 15 is 0 Å². The molecule has 0 aliphatic rings. The Labute approximate surface area is 113 Å². The van der Waals surface area contributed by atoms with Crippen molar-refractivity contribution >= 4 is 22.8 Å². The van der Waals surface area contributed by atoms with Crippen molar-refractivity contribution in [2.24, 2.45) is 0 Å². The Balaban J connectivity index is 2.16. The van der Waals surface area contributed by atoms with E-state index in [0.717, 1.165) is 16.6 Å². The van der Waals surface area contributed by atoms with Crippen molar-refractivity contribution in [1.29, 1.82) is 0 Å². The molecule has 7 nitrogen and oxygen atoms in total. The van der Waals surface area contributed by atoms with Gasteiger partial charge in [-0.15, -0.1) is 0 Å². The fourth-order valence-corrected chi connectivity index (χ4v) is 1.89. The van der Waals surface area contributed by atoms with Crippen LogP contribution in [0.2, 0.25) is 0 Å². The Morgan fingerprint density at radius 3 is 2.90 bits per heavy atom. The Morgan fingerprint density at radius 2 is 2.15 bits per heavy atom. The first-order valence-corrected chi connectivity index (χ1v) is 5.91. The number of carbonyl (C=O) groups is 1. The highest BCUT2D eigenvalue weighted by molar-refractivity contribution is 5.87. The molecule has 1 aromatic carbocycles. The number of rotatable bonds is 3. The summed E-state index contributed by atoms with van der Waals surface area (Å²) in [5.41, 5.74) is 2.35. The zero-order chi connectivity index (χ0) is 14.1. The summed E-state index contributed by atoms with van der Waals surface area (Å²) >= 11 is 0. The van der Waals surface area contributed by atoms with E-state index in [1.807, 2.05) is 18.2 Å². The summed E-state index contributed by atoms with van der Waals surface area (Å²) in [5, 5.41) is 11.9. The Bertz CT molecular complexity index is 796. The van der Waals surface area contributed by atoms with Crippen molar-refractivity contribution in [3.63, 3.8) is 0 Å². The topological polar surface area (TPSA) is 104 Å². The predicted octanol–water partition coefficient (Wildman–Crippen LogP) is 1.76. The Hall–Kier alpha value is -2.96. The van der Waals surface area contributed by atoms with Crippen molar-refractivity contribution in [2.75, 3.05) is 12.4 Å². The minimum atomic E-state index is -1.09. The molecule has 0 aliphatic carbocycles. The molecule has 2 aromatic heterocycles. The summed E-state index contributed by atoms with van der Waals surface area (Å²) in [5.74, 6) is -0.282. The maximum Gasteiger partial charge on any atom is 0.354 e. The van der Waals surface area contributed by atoms with Gasteiger partial charge < -0.3 is 15.4 Å². The first-order chi connectivity index (χ1) is 9.67. The van der Waals surface area contributed by atoms with Crippen LogP contribution in [-0.2, 0) is 0 Å². The van der Waals surface area contributed by atoms with Crippen LogP contribution in [0.1, 0.15) is 10.5 Å². The van der Waals surface area contributed by atoms with E-state index in [4.69, 9.17) is 5.11 Å². The second-order valence-corrected chi connectivity index (χ2v) is 4.15. The molecule has 0 unspecified atom stereocenters. The highest BCUT2D eigenvalue weighted by Gasteiger charge is 2.12. The van der Waals surface area contributed by atoms with E-state index < -0.39 is 5.97 Å². The second kappa shape index (κ2) is 4.61. The molecule has 0 fully saturated rings. The zero-order valence-corrected chi connectivity index (χ0v) is 10.6. The lowest BCUT2D eigenvalue weighted by Gasteiger charge is -2.05. The van der Waals surface area contributed by atoms with Crippen molar-refractivity contribution in [1.82, 2.24) is 19.9 Å². The third kappa shape index (κ3) is 2.05. The molecular formula is C13H11N5O2. The molecule has 3 N–H and O–H groups in total. The van der Waals surface area contributed by atoms with Gasteiger partial charge in [0.2, 0.25) is 0 Å². The summed E-state index contributed by atoms with van der Waals surface area (Å²) < 4.78 is 0. The molecule has 0 radical (unpaired) electrons. The van der Waals surface area contributed by atoms with Gasteiger partial charge in [-0.1, -0.05) is 0 Å². The van der Waals surface area contributed by atoms with Crippen LogP contribution < -0.4 is 5.32 Å². The summed E-state index contributed by atoms with van der Waals surface area (Å²) in [4.78, 5) is 26.5. The fraction of sp³-hybridized carbons (Fsp3) is 0.0769. The lowest BCUT2D eigenvalue weighted by Crippen LogP contribution is -2.05. The maximum atomic E-state index is 11.1. The normalized spacial score (nSPS) is 10.7. The molecule has 0 bridgehead atoms. The van der Waals surface area contributed by atoms with Gasteiger partial charge in [-0.2, -0.15) is 0 Å². The van der Waals surface area contributed by atoms with Gasteiger partial charge in [0.1, 0.15) is 5.82 Å². The molecule has 3 aromatic rings. The number of anilines is 1. The van der Waals surface area contributed by atoms with Gasteiger partial charge in [0.15, 0.2) is 11.5 Å². The quantitative estimate of drug-likeness (QED) is 0.669. The molecule has 0 aliphatic heterocycles. The van der Waals surface area contributed by atoms with Crippen LogP contribution in [0, 0.1) is 0 Å². The number of H-pyrrole nitrogens is 1. The number of hydrogen-bond acceptors (Lipinski definition) is 5. The number of nitrogens with zero attached hydrogens (tertiary/aromatic N) is 3. The molecular weight excluding hydrogens is 258 g/mol. The Kier molecular flexibility index (Phi) is 2.79. The summed E-state index contributed by atoms with van der Waals surface area (Å²) in [7, 11) is 1.68. The molecule has 20 heavy (non-hydrogen) atoms. The Morgan fingerprint density at radius 1 is 1.30 bits per heavy atom. The van der Waals surface area contributed by atoms with Crippen molar-refractivity contribution in [2.45, 2.75) is 0 Å². The summed E-state index contributed by atoms with van der Waals surface area (Å²) in [6.07, 6.45) is 1.60. The van der Waals surface area contributed by atoms with Crippen LogP contribution in [0.3, 0.4) is 0 Å². The number of aromatic nitrogens is 4. The lowest BCUT2D eigenvalue weighted by molar-refractivity contribution is 0.0690. The van der Waals surface area contributed by atoms with E-state index in [2.05, 4.69) is 25.3 Å². The molecule has 0 saturated carbocycles. The number of carboxylic acid groups (broad SMARTS) is 1. The van der Waals surface area contributed by atoms with Crippen molar-refractivity contribution in [3.8, 4) is 11.4 Å². The standard InChI is InChI=1S/C13H11N5O2/c1-14-11-5-10(13(19)20)17-12(18-11)7-2-3-8-9(4-7)16-6-15-8/h2-6H,1H3,(H,15,16)(H,19,20)(H,14,17,18). The number of carboxylic acids is 1.